The summed E-state index contributed by atoms with van der Waals surface area (Å²) in [5.74, 6) is 0.558. The molecule has 1 fully saturated rings. The molecular weight excluding hydrogens is 481 g/mol. The van der Waals surface area contributed by atoms with Crippen LogP contribution in [0.15, 0.2) is 72.8 Å². The maximum atomic E-state index is 13.1. The lowest BCUT2D eigenvalue weighted by atomic mass is 10.1. The topological polar surface area (TPSA) is 61.4 Å². The smallest absolute Gasteiger partial charge is 0.272 e. The van der Waals surface area contributed by atoms with Crippen LogP contribution in [0.3, 0.4) is 0 Å². The van der Waals surface area contributed by atoms with Gasteiger partial charge in [0.2, 0.25) is 0 Å². The second-order valence-corrected chi connectivity index (χ2v) is 9.41. The Balaban J connectivity index is 1.35. The largest absolute Gasteiger partial charge is 0.368 e. The van der Waals surface area contributed by atoms with E-state index in [2.05, 4.69) is 25.3 Å². The van der Waals surface area contributed by atoms with Gasteiger partial charge in [-0.25, -0.2) is 0 Å². The van der Waals surface area contributed by atoms with Crippen molar-refractivity contribution in [1.29, 1.82) is 0 Å². The van der Waals surface area contributed by atoms with Crippen LogP contribution in [0, 0.1) is 0 Å². The summed E-state index contributed by atoms with van der Waals surface area (Å²) in [4.78, 5) is 17.6. The van der Waals surface area contributed by atoms with Crippen LogP contribution in [0.1, 0.15) is 29.0 Å². The van der Waals surface area contributed by atoms with Crippen molar-refractivity contribution in [3.05, 3.63) is 94.1 Å². The molecule has 35 heavy (non-hydrogen) atoms. The van der Waals surface area contributed by atoms with Gasteiger partial charge in [-0.15, -0.1) is 10.2 Å². The van der Waals surface area contributed by atoms with Gasteiger partial charge in [0, 0.05) is 42.6 Å². The first-order valence-corrected chi connectivity index (χ1v) is 12.3. The third-order valence-corrected chi connectivity index (χ3v) is 7.12. The van der Waals surface area contributed by atoms with E-state index in [-0.39, 0.29) is 11.9 Å². The number of carbonyl (C=O) groups excluding carboxylic acids is 1. The molecule has 0 bridgehead atoms. The summed E-state index contributed by atoms with van der Waals surface area (Å²) >= 11 is 12.3. The molecule has 1 aromatic heterocycles. The van der Waals surface area contributed by atoms with Gasteiger partial charge in [-0.1, -0.05) is 77.8 Å². The van der Waals surface area contributed by atoms with Gasteiger partial charge < -0.3 is 15.1 Å². The summed E-state index contributed by atoms with van der Waals surface area (Å²) in [5, 5.41) is 14.8. The molecule has 1 saturated heterocycles. The molecule has 178 valence electrons. The fourth-order valence-corrected chi connectivity index (χ4v) is 4.73. The fraction of sp³-hybridized carbons (Fsp3) is 0.222. The van der Waals surface area contributed by atoms with Crippen LogP contribution in [0.2, 0.25) is 10.0 Å². The number of aromatic nitrogens is 2. The minimum absolute atomic E-state index is 0.140. The Bertz CT molecular complexity index is 1360. The van der Waals surface area contributed by atoms with Crippen LogP contribution in [-0.2, 0) is 0 Å². The van der Waals surface area contributed by atoms with Crippen LogP contribution in [-0.4, -0.2) is 42.3 Å². The van der Waals surface area contributed by atoms with Gasteiger partial charge >= 0.3 is 0 Å². The molecule has 0 spiro atoms. The van der Waals surface area contributed by atoms with Crippen LogP contribution in [0.4, 0.5) is 11.5 Å². The summed E-state index contributed by atoms with van der Waals surface area (Å²) in [6.45, 7) is 5.13. The monoisotopic (exact) mass is 505 g/mol. The first-order chi connectivity index (χ1) is 17.0. The van der Waals surface area contributed by atoms with Crippen LogP contribution < -0.4 is 15.1 Å². The van der Waals surface area contributed by atoms with E-state index in [1.165, 1.54) is 0 Å². The molecule has 3 aromatic carbocycles. The van der Waals surface area contributed by atoms with Crippen molar-refractivity contribution in [3.63, 3.8) is 0 Å². The maximum absolute atomic E-state index is 13.1. The van der Waals surface area contributed by atoms with Gasteiger partial charge in [0.15, 0.2) is 11.5 Å². The molecule has 4 aromatic rings. The van der Waals surface area contributed by atoms with E-state index in [0.717, 1.165) is 54.0 Å². The number of hydrogen-bond acceptors (Lipinski definition) is 5. The van der Waals surface area contributed by atoms with Crippen molar-refractivity contribution in [3.8, 4) is 0 Å². The van der Waals surface area contributed by atoms with Crippen molar-refractivity contribution in [2.45, 2.75) is 13.0 Å². The molecule has 1 aliphatic heterocycles. The Kier molecular flexibility index (Phi) is 6.75. The highest BCUT2D eigenvalue weighted by molar-refractivity contribution is 6.42. The lowest BCUT2D eigenvalue weighted by molar-refractivity contribution is 0.0935. The second kappa shape index (κ2) is 10.1. The Morgan fingerprint density at radius 3 is 2.20 bits per heavy atom. The van der Waals surface area contributed by atoms with Crippen LogP contribution in [0.5, 0.6) is 0 Å². The number of amides is 1. The first kappa shape index (κ1) is 23.4. The zero-order chi connectivity index (χ0) is 24.4. The normalized spacial score (nSPS) is 14.7. The van der Waals surface area contributed by atoms with Crippen molar-refractivity contribution in [2.75, 3.05) is 36.0 Å². The summed E-state index contributed by atoms with van der Waals surface area (Å²) in [6.07, 6.45) is 0. The third-order valence-electron chi connectivity index (χ3n) is 6.38. The van der Waals surface area contributed by atoms with Crippen LogP contribution >= 0.6 is 23.2 Å². The van der Waals surface area contributed by atoms with E-state index >= 15 is 0 Å². The molecule has 1 amide bonds. The lowest BCUT2D eigenvalue weighted by Crippen LogP contribution is -2.47. The predicted molar refractivity (Wildman–Crippen MR) is 143 cm³/mol. The highest BCUT2D eigenvalue weighted by Crippen LogP contribution is 2.30. The highest BCUT2D eigenvalue weighted by atomic mass is 35.5. The molecule has 1 N–H and O–H groups in total. The maximum Gasteiger partial charge on any atom is 0.272 e. The fourth-order valence-electron chi connectivity index (χ4n) is 4.44. The lowest BCUT2D eigenvalue weighted by Gasteiger charge is -2.37. The number of piperazine rings is 1. The van der Waals surface area contributed by atoms with Crippen molar-refractivity contribution < 1.29 is 4.79 Å². The van der Waals surface area contributed by atoms with E-state index in [1.807, 2.05) is 79.7 Å². The number of nitrogens with one attached hydrogen (secondary N) is 1. The molecule has 1 unspecified atom stereocenters. The number of anilines is 2. The van der Waals surface area contributed by atoms with Gasteiger partial charge in [0.05, 0.1) is 16.1 Å². The number of hydrogen-bond donors (Lipinski definition) is 1. The highest BCUT2D eigenvalue weighted by Gasteiger charge is 2.23. The Hall–Kier alpha value is -3.35. The molecular formula is C27H25Cl2N5O. The SMILES string of the molecule is CC(NC(=O)c1nnc(N2CCN(c3ccc(Cl)c(Cl)c3)CC2)c2ccccc12)c1ccccc1. The molecule has 5 rings (SSSR count). The van der Waals surface area contributed by atoms with Crippen molar-refractivity contribution in [2.24, 2.45) is 0 Å². The molecule has 2 heterocycles. The number of benzene rings is 3. The van der Waals surface area contributed by atoms with Gasteiger partial charge in [0.25, 0.3) is 5.91 Å². The minimum atomic E-state index is -0.235. The average molecular weight is 506 g/mol. The Morgan fingerprint density at radius 1 is 0.829 bits per heavy atom. The summed E-state index contributed by atoms with van der Waals surface area (Å²) < 4.78 is 0. The Labute approximate surface area is 214 Å². The zero-order valence-corrected chi connectivity index (χ0v) is 20.8. The summed E-state index contributed by atoms with van der Waals surface area (Å²) in [6, 6.07) is 23.3. The average Bonchev–Trinajstić information content (AvgIpc) is 2.90. The molecule has 8 heteroatoms. The van der Waals surface area contributed by atoms with Crippen molar-refractivity contribution >= 4 is 51.4 Å². The Morgan fingerprint density at radius 2 is 1.49 bits per heavy atom. The van der Waals surface area contributed by atoms with E-state index < -0.39 is 0 Å². The van der Waals surface area contributed by atoms with E-state index in [1.54, 1.807) is 0 Å². The van der Waals surface area contributed by atoms with Crippen molar-refractivity contribution in [1.82, 2.24) is 15.5 Å². The summed E-state index contributed by atoms with van der Waals surface area (Å²) in [5.41, 5.74) is 2.42. The number of carbonyl (C=O) groups is 1. The molecule has 0 radical (unpaired) electrons. The van der Waals surface area contributed by atoms with Gasteiger partial charge in [-0.3, -0.25) is 4.79 Å². The third kappa shape index (κ3) is 4.90. The van der Waals surface area contributed by atoms with E-state index in [4.69, 9.17) is 23.2 Å². The predicted octanol–water partition coefficient (Wildman–Crippen LogP) is 5.75. The van der Waals surface area contributed by atoms with Crippen LogP contribution in [0.25, 0.3) is 10.8 Å². The van der Waals surface area contributed by atoms with Gasteiger partial charge in [0.1, 0.15) is 0 Å². The van der Waals surface area contributed by atoms with Gasteiger partial charge in [-0.2, -0.15) is 0 Å². The first-order valence-electron chi connectivity index (χ1n) is 11.6. The van der Waals surface area contributed by atoms with E-state index in [9.17, 15) is 4.79 Å². The second-order valence-electron chi connectivity index (χ2n) is 8.60. The quantitative estimate of drug-likeness (QED) is 0.373. The molecule has 0 aliphatic carbocycles. The van der Waals surface area contributed by atoms with Gasteiger partial charge in [-0.05, 0) is 30.7 Å². The molecule has 1 atom stereocenters. The molecule has 1 aliphatic rings. The number of halogens is 2. The number of rotatable bonds is 5. The standard InChI is InChI=1S/C27H25Cl2N5O/c1-18(19-7-3-2-4-8-19)30-27(35)25-21-9-5-6-10-22(21)26(32-31-25)34-15-13-33(14-16-34)20-11-12-23(28)24(29)17-20/h2-12,17-18H,13-16H2,1H3,(H,30,35). The molecule has 0 saturated carbocycles. The number of nitrogens with zero attached hydrogens (tertiary/aromatic N) is 4. The minimum Gasteiger partial charge on any atom is -0.368 e. The zero-order valence-electron chi connectivity index (χ0n) is 19.3. The molecule has 6 nitrogen and oxygen atoms in total. The summed E-state index contributed by atoms with van der Waals surface area (Å²) in [7, 11) is 0. The van der Waals surface area contributed by atoms with E-state index in [0.29, 0.717) is 15.7 Å². The number of fused-ring (bicyclic) bond motifs is 1.